The summed E-state index contributed by atoms with van der Waals surface area (Å²) in [5.41, 5.74) is 6.62. The molecule has 1 aromatic carbocycles. The first kappa shape index (κ1) is 14.2. The highest BCUT2D eigenvalue weighted by Crippen LogP contribution is 2.18. The van der Waals surface area contributed by atoms with E-state index in [1.165, 1.54) is 7.11 Å². The molecule has 2 N–H and O–H groups in total. The molecule has 0 spiro atoms. The minimum atomic E-state index is -0.360. The van der Waals surface area contributed by atoms with Crippen molar-refractivity contribution in [3.63, 3.8) is 0 Å². The third-order valence-electron chi connectivity index (χ3n) is 1.89. The van der Waals surface area contributed by atoms with Crippen molar-refractivity contribution in [2.45, 2.75) is 12.5 Å². The predicted molar refractivity (Wildman–Crippen MR) is 62.3 cm³/mol. The molecule has 0 amide bonds. The maximum atomic E-state index is 10.9. The molecule has 0 aliphatic heterocycles. The number of hydrogen-bond donors (Lipinski definition) is 1. The van der Waals surface area contributed by atoms with Crippen LogP contribution in [0.1, 0.15) is 18.0 Å². The minimum Gasteiger partial charge on any atom is -0.469 e. The monoisotopic (exact) mass is 249 g/mol. The molecule has 0 fully saturated rings. The van der Waals surface area contributed by atoms with Crippen molar-refractivity contribution < 1.29 is 9.53 Å². The predicted octanol–water partition coefficient (Wildman–Crippen LogP) is 2.32. The molecular formula is C10H13Cl2NO2. The van der Waals surface area contributed by atoms with Crippen molar-refractivity contribution in [1.29, 1.82) is 0 Å². The number of halogens is 2. The van der Waals surface area contributed by atoms with Gasteiger partial charge in [0.15, 0.2) is 0 Å². The summed E-state index contributed by atoms with van der Waals surface area (Å²) in [5, 5.41) is 0.614. The molecule has 84 valence electrons. The zero-order chi connectivity index (χ0) is 10.6. The van der Waals surface area contributed by atoms with Crippen LogP contribution in [0, 0.1) is 0 Å². The van der Waals surface area contributed by atoms with Crippen LogP contribution in [-0.2, 0) is 9.53 Å². The van der Waals surface area contributed by atoms with E-state index in [-0.39, 0.29) is 30.8 Å². The Morgan fingerprint density at radius 1 is 1.60 bits per heavy atom. The second-order valence-electron chi connectivity index (χ2n) is 2.94. The van der Waals surface area contributed by atoms with Crippen LogP contribution in [0.25, 0.3) is 0 Å². The zero-order valence-corrected chi connectivity index (χ0v) is 9.85. The Labute approximate surface area is 100.0 Å². The number of methoxy groups -OCH3 is 1. The second-order valence-corrected chi connectivity index (χ2v) is 3.38. The average Bonchev–Trinajstić information content (AvgIpc) is 2.17. The topological polar surface area (TPSA) is 52.3 Å². The first-order chi connectivity index (χ1) is 6.63. The average molecular weight is 250 g/mol. The van der Waals surface area contributed by atoms with Gasteiger partial charge < -0.3 is 10.5 Å². The van der Waals surface area contributed by atoms with Crippen molar-refractivity contribution in [2.75, 3.05) is 7.11 Å². The van der Waals surface area contributed by atoms with E-state index >= 15 is 0 Å². The molecule has 0 radical (unpaired) electrons. The number of benzene rings is 1. The molecule has 0 aromatic heterocycles. The van der Waals surface area contributed by atoms with Crippen LogP contribution in [0.3, 0.4) is 0 Å². The minimum absolute atomic E-state index is 0. The van der Waals surface area contributed by atoms with E-state index in [1.54, 1.807) is 18.2 Å². The first-order valence-electron chi connectivity index (χ1n) is 4.21. The lowest BCUT2D eigenvalue weighted by molar-refractivity contribution is -0.141. The van der Waals surface area contributed by atoms with Crippen molar-refractivity contribution in [3.8, 4) is 0 Å². The zero-order valence-electron chi connectivity index (χ0n) is 8.27. The molecule has 1 atom stereocenters. The van der Waals surface area contributed by atoms with Crippen LogP contribution in [0.4, 0.5) is 0 Å². The Morgan fingerprint density at radius 3 is 2.80 bits per heavy atom. The van der Waals surface area contributed by atoms with E-state index in [0.717, 1.165) is 5.56 Å². The van der Waals surface area contributed by atoms with Gasteiger partial charge in [-0.3, -0.25) is 4.79 Å². The molecule has 0 aliphatic carbocycles. The number of hydrogen-bond acceptors (Lipinski definition) is 3. The summed E-state index contributed by atoms with van der Waals surface area (Å²) in [5.74, 6) is -0.322. The van der Waals surface area contributed by atoms with Gasteiger partial charge in [0.25, 0.3) is 0 Å². The maximum absolute atomic E-state index is 10.9. The van der Waals surface area contributed by atoms with Gasteiger partial charge in [0.05, 0.1) is 13.5 Å². The van der Waals surface area contributed by atoms with Crippen molar-refractivity contribution in [1.82, 2.24) is 0 Å². The van der Waals surface area contributed by atoms with Crippen molar-refractivity contribution >= 4 is 30.0 Å². The summed E-state index contributed by atoms with van der Waals surface area (Å²) in [6.45, 7) is 0. The third kappa shape index (κ3) is 4.51. The third-order valence-corrected chi connectivity index (χ3v) is 2.13. The molecule has 5 heteroatoms. The van der Waals surface area contributed by atoms with E-state index in [1.807, 2.05) is 6.07 Å². The summed E-state index contributed by atoms with van der Waals surface area (Å²) in [4.78, 5) is 10.9. The van der Waals surface area contributed by atoms with Gasteiger partial charge in [-0.25, -0.2) is 0 Å². The standard InChI is InChI=1S/C10H12ClNO2.ClH/c1-14-10(13)6-9(12)7-3-2-4-8(11)5-7;/h2-5,9H,6,12H2,1H3;1H. The fourth-order valence-electron chi connectivity index (χ4n) is 1.12. The van der Waals surface area contributed by atoms with Crippen LogP contribution in [-0.4, -0.2) is 13.1 Å². The quantitative estimate of drug-likeness (QED) is 0.837. The van der Waals surface area contributed by atoms with Gasteiger partial charge in [0.1, 0.15) is 0 Å². The van der Waals surface area contributed by atoms with Crippen LogP contribution >= 0.6 is 24.0 Å². The molecule has 15 heavy (non-hydrogen) atoms. The summed E-state index contributed by atoms with van der Waals surface area (Å²) < 4.78 is 4.52. The highest BCUT2D eigenvalue weighted by Gasteiger charge is 2.11. The highest BCUT2D eigenvalue weighted by molar-refractivity contribution is 6.30. The van der Waals surface area contributed by atoms with Crippen LogP contribution in [0.2, 0.25) is 5.02 Å². The Kier molecular flexibility index (Phi) is 6.32. The highest BCUT2D eigenvalue weighted by atomic mass is 35.5. The van der Waals surface area contributed by atoms with Crippen LogP contribution in [0.15, 0.2) is 24.3 Å². The van der Waals surface area contributed by atoms with Gasteiger partial charge in [-0.15, -0.1) is 12.4 Å². The lowest BCUT2D eigenvalue weighted by atomic mass is 10.1. The molecule has 0 heterocycles. The molecule has 0 bridgehead atoms. The molecule has 0 saturated heterocycles. The fraction of sp³-hybridized carbons (Fsp3) is 0.300. The van der Waals surface area contributed by atoms with Crippen molar-refractivity contribution in [2.24, 2.45) is 5.73 Å². The van der Waals surface area contributed by atoms with E-state index < -0.39 is 0 Å². The number of carbonyl (C=O) groups is 1. The normalized spacial score (nSPS) is 11.4. The number of esters is 1. The summed E-state index contributed by atoms with van der Waals surface area (Å²) in [6, 6.07) is 6.78. The molecule has 1 aromatic rings. The van der Waals surface area contributed by atoms with E-state index in [0.29, 0.717) is 5.02 Å². The van der Waals surface area contributed by atoms with E-state index in [2.05, 4.69) is 4.74 Å². The molecule has 1 unspecified atom stereocenters. The summed E-state index contributed by atoms with van der Waals surface area (Å²) >= 11 is 5.79. The summed E-state index contributed by atoms with van der Waals surface area (Å²) in [6.07, 6.45) is 0.164. The fourth-order valence-corrected chi connectivity index (χ4v) is 1.32. The number of rotatable bonds is 3. The van der Waals surface area contributed by atoms with E-state index in [4.69, 9.17) is 17.3 Å². The first-order valence-corrected chi connectivity index (χ1v) is 4.59. The molecule has 0 saturated carbocycles. The Balaban J connectivity index is 0.00000196. The smallest absolute Gasteiger partial charge is 0.307 e. The molecule has 3 nitrogen and oxygen atoms in total. The van der Waals surface area contributed by atoms with Gasteiger partial charge in [0, 0.05) is 11.1 Å². The second kappa shape index (κ2) is 6.67. The van der Waals surface area contributed by atoms with Gasteiger partial charge >= 0.3 is 5.97 Å². The number of ether oxygens (including phenoxy) is 1. The van der Waals surface area contributed by atoms with Gasteiger partial charge in [-0.05, 0) is 17.7 Å². The SMILES string of the molecule is COC(=O)CC(N)c1cccc(Cl)c1.Cl. The number of carbonyl (C=O) groups excluding carboxylic acids is 1. The number of nitrogens with two attached hydrogens (primary N) is 1. The van der Waals surface area contributed by atoms with Gasteiger partial charge in [-0.1, -0.05) is 23.7 Å². The largest absolute Gasteiger partial charge is 0.469 e. The Morgan fingerprint density at radius 2 is 2.27 bits per heavy atom. The molecule has 1 rings (SSSR count). The van der Waals surface area contributed by atoms with E-state index in [9.17, 15) is 4.79 Å². The van der Waals surface area contributed by atoms with Gasteiger partial charge in [-0.2, -0.15) is 0 Å². The maximum Gasteiger partial charge on any atom is 0.307 e. The lowest BCUT2D eigenvalue weighted by Gasteiger charge is -2.10. The van der Waals surface area contributed by atoms with Gasteiger partial charge in [0.2, 0.25) is 0 Å². The van der Waals surface area contributed by atoms with Crippen LogP contribution in [0.5, 0.6) is 0 Å². The lowest BCUT2D eigenvalue weighted by Crippen LogP contribution is -2.16. The Hall–Kier alpha value is -0.770. The van der Waals surface area contributed by atoms with Crippen LogP contribution < -0.4 is 5.73 Å². The Bertz CT molecular complexity index is 331. The van der Waals surface area contributed by atoms with Crippen molar-refractivity contribution in [3.05, 3.63) is 34.9 Å². The molecular weight excluding hydrogens is 237 g/mol. The summed E-state index contributed by atoms with van der Waals surface area (Å²) in [7, 11) is 1.34. The molecule has 0 aliphatic rings.